The molecule has 5 heteroatoms. The van der Waals surface area contributed by atoms with Gasteiger partial charge in [-0.25, -0.2) is 4.39 Å². The number of aliphatic hydroxyl groups excluding tert-OH is 1. The fourth-order valence-corrected chi connectivity index (χ4v) is 2.02. The second-order valence-corrected chi connectivity index (χ2v) is 4.73. The summed E-state index contributed by atoms with van der Waals surface area (Å²) in [7, 11) is 0. The lowest BCUT2D eigenvalue weighted by Crippen LogP contribution is -2.53. The Bertz CT molecular complexity index is 418. The standard InChI is InChI=1S/C11H11BrFNO2/c12-9-3-7(1-2-10(9)13)4-11(16)14-5-8(15)6-14/h1-3,8,15H,4-6H2. The highest BCUT2D eigenvalue weighted by molar-refractivity contribution is 9.10. The molecule has 0 bridgehead atoms. The molecular formula is C11H11BrFNO2. The van der Waals surface area contributed by atoms with Crippen LogP contribution in [0, 0.1) is 5.82 Å². The number of halogens is 2. The van der Waals surface area contributed by atoms with Crippen molar-refractivity contribution in [3.05, 3.63) is 34.1 Å². The van der Waals surface area contributed by atoms with Gasteiger partial charge in [0.25, 0.3) is 0 Å². The number of hydrogen-bond donors (Lipinski definition) is 1. The number of hydrogen-bond acceptors (Lipinski definition) is 2. The normalized spacial score (nSPS) is 16.1. The molecule has 1 aliphatic heterocycles. The number of likely N-dealkylation sites (tertiary alicyclic amines) is 1. The minimum atomic E-state index is -0.385. The van der Waals surface area contributed by atoms with Gasteiger partial charge in [-0.3, -0.25) is 4.79 Å². The number of nitrogens with zero attached hydrogens (tertiary/aromatic N) is 1. The van der Waals surface area contributed by atoms with Crippen molar-refractivity contribution < 1.29 is 14.3 Å². The Morgan fingerprint density at radius 1 is 1.56 bits per heavy atom. The molecular weight excluding hydrogens is 277 g/mol. The van der Waals surface area contributed by atoms with Gasteiger partial charge in [0.1, 0.15) is 5.82 Å². The van der Waals surface area contributed by atoms with Crippen molar-refractivity contribution in [3.63, 3.8) is 0 Å². The van der Waals surface area contributed by atoms with Crippen LogP contribution >= 0.6 is 15.9 Å². The molecule has 2 rings (SSSR count). The molecule has 1 fully saturated rings. The van der Waals surface area contributed by atoms with E-state index in [1.807, 2.05) is 0 Å². The monoisotopic (exact) mass is 287 g/mol. The second kappa shape index (κ2) is 4.51. The van der Waals surface area contributed by atoms with Gasteiger partial charge in [0.2, 0.25) is 5.91 Å². The molecule has 0 unspecified atom stereocenters. The SMILES string of the molecule is O=C(Cc1ccc(F)c(Br)c1)N1CC(O)C1. The molecule has 1 N–H and O–H groups in total. The number of carbonyl (C=O) groups is 1. The van der Waals surface area contributed by atoms with Gasteiger partial charge in [-0.05, 0) is 33.6 Å². The maximum absolute atomic E-state index is 12.9. The highest BCUT2D eigenvalue weighted by Gasteiger charge is 2.28. The van der Waals surface area contributed by atoms with Gasteiger partial charge in [0.15, 0.2) is 0 Å². The zero-order chi connectivity index (χ0) is 11.7. The van der Waals surface area contributed by atoms with Crippen LogP contribution in [0.5, 0.6) is 0 Å². The molecule has 1 amide bonds. The summed E-state index contributed by atoms with van der Waals surface area (Å²) < 4.78 is 13.3. The number of benzene rings is 1. The van der Waals surface area contributed by atoms with E-state index in [0.717, 1.165) is 5.56 Å². The number of amides is 1. The summed E-state index contributed by atoms with van der Waals surface area (Å²) in [4.78, 5) is 13.2. The molecule has 0 radical (unpaired) electrons. The Morgan fingerprint density at radius 3 is 2.81 bits per heavy atom. The van der Waals surface area contributed by atoms with Crippen LogP contribution in [0.2, 0.25) is 0 Å². The van der Waals surface area contributed by atoms with Crippen LogP contribution in [0.4, 0.5) is 4.39 Å². The average molecular weight is 288 g/mol. The lowest BCUT2D eigenvalue weighted by molar-refractivity contribution is -0.140. The smallest absolute Gasteiger partial charge is 0.227 e. The molecule has 0 saturated carbocycles. The molecule has 0 aromatic heterocycles. The molecule has 1 aromatic carbocycles. The van der Waals surface area contributed by atoms with Gasteiger partial charge >= 0.3 is 0 Å². The molecule has 1 heterocycles. The van der Waals surface area contributed by atoms with E-state index < -0.39 is 0 Å². The first-order chi connectivity index (χ1) is 7.56. The predicted molar refractivity (Wildman–Crippen MR) is 60.4 cm³/mol. The van der Waals surface area contributed by atoms with Gasteiger partial charge in [-0.1, -0.05) is 6.07 Å². The number of rotatable bonds is 2. The van der Waals surface area contributed by atoms with Crippen LogP contribution in [0.3, 0.4) is 0 Å². The minimum Gasteiger partial charge on any atom is -0.389 e. The maximum atomic E-state index is 12.9. The van der Waals surface area contributed by atoms with Crippen molar-refractivity contribution in [3.8, 4) is 0 Å². The molecule has 3 nitrogen and oxygen atoms in total. The van der Waals surface area contributed by atoms with E-state index in [9.17, 15) is 9.18 Å². The van der Waals surface area contributed by atoms with Crippen LogP contribution in [-0.2, 0) is 11.2 Å². The van der Waals surface area contributed by atoms with E-state index >= 15 is 0 Å². The van der Waals surface area contributed by atoms with E-state index in [2.05, 4.69) is 15.9 Å². The third-order valence-corrected chi connectivity index (χ3v) is 3.16. The quantitative estimate of drug-likeness (QED) is 0.892. The molecule has 1 aromatic rings. The van der Waals surface area contributed by atoms with Gasteiger partial charge in [-0.15, -0.1) is 0 Å². The second-order valence-electron chi connectivity index (χ2n) is 3.88. The van der Waals surface area contributed by atoms with Crippen molar-refractivity contribution in [2.45, 2.75) is 12.5 Å². The van der Waals surface area contributed by atoms with Crippen molar-refractivity contribution in [2.24, 2.45) is 0 Å². The van der Waals surface area contributed by atoms with Crippen LogP contribution in [0.1, 0.15) is 5.56 Å². The molecule has 16 heavy (non-hydrogen) atoms. The third-order valence-electron chi connectivity index (χ3n) is 2.55. The van der Waals surface area contributed by atoms with Gasteiger partial charge < -0.3 is 10.0 Å². The summed E-state index contributed by atoms with van der Waals surface area (Å²) in [5, 5.41) is 9.06. The van der Waals surface area contributed by atoms with E-state index in [4.69, 9.17) is 5.11 Å². The maximum Gasteiger partial charge on any atom is 0.227 e. The first-order valence-electron chi connectivity index (χ1n) is 4.96. The topological polar surface area (TPSA) is 40.5 Å². The van der Waals surface area contributed by atoms with Gasteiger partial charge in [0.05, 0.1) is 17.0 Å². The molecule has 1 saturated heterocycles. The molecule has 0 spiro atoms. The highest BCUT2D eigenvalue weighted by atomic mass is 79.9. The predicted octanol–water partition coefficient (Wildman–Crippen LogP) is 1.33. The average Bonchev–Trinajstić information content (AvgIpc) is 2.19. The van der Waals surface area contributed by atoms with Crippen molar-refractivity contribution in [1.29, 1.82) is 0 Å². The van der Waals surface area contributed by atoms with Gasteiger partial charge in [0, 0.05) is 13.1 Å². The van der Waals surface area contributed by atoms with E-state index in [1.165, 1.54) is 6.07 Å². The molecule has 0 atom stereocenters. The third kappa shape index (κ3) is 2.41. The first kappa shape index (κ1) is 11.5. The van der Waals surface area contributed by atoms with Crippen molar-refractivity contribution >= 4 is 21.8 Å². The van der Waals surface area contributed by atoms with Crippen LogP contribution < -0.4 is 0 Å². The first-order valence-corrected chi connectivity index (χ1v) is 5.75. The molecule has 86 valence electrons. The number of carbonyl (C=O) groups excluding carboxylic acids is 1. The van der Waals surface area contributed by atoms with Crippen LogP contribution in [-0.4, -0.2) is 35.1 Å². The van der Waals surface area contributed by atoms with Gasteiger partial charge in [-0.2, -0.15) is 0 Å². The Kier molecular flexibility index (Phi) is 3.25. The number of β-amino-alcohol motifs (C(OH)–C–C–N with tert-alkyl or cyclic N) is 1. The zero-order valence-electron chi connectivity index (χ0n) is 8.49. The Labute approximate surface area is 101 Å². The Balaban J connectivity index is 1.98. The van der Waals surface area contributed by atoms with Crippen LogP contribution in [0.25, 0.3) is 0 Å². The Morgan fingerprint density at radius 2 is 2.25 bits per heavy atom. The van der Waals surface area contributed by atoms with Crippen molar-refractivity contribution in [2.75, 3.05) is 13.1 Å². The lowest BCUT2D eigenvalue weighted by Gasteiger charge is -2.35. The molecule has 0 aliphatic carbocycles. The fourth-order valence-electron chi connectivity index (χ4n) is 1.59. The van der Waals surface area contributed by atoms with Crippen molar-refractivity contribution in [1.82, 2.24) is 4.90 Å². The minimum absolute atomic E-state index is 0.0381. The van der Waals surface area contributed by atoms with E-state index in [-0.39, 0.29) is 24.2 Å². The fraction of sp³-hybridized carbons (Fsp3) is 0.364. The number of aliphatic hydroxyl groups is 1. The summed E-state index contributed by atoms with van der Waals surface area (Å²) in [5.41, 5.74) is 0.764. The summed E-state index contributed by atoms with van der Waals surface area (Å²) in [6.45, 7) is 0.808. The molecule has 1 aliphatic rings. The summed E-state index contributed by atoms with van der Waals surface area (Å²) in [6, 6.07) is 4.52. The van der Waals surface area contributed by atoms with Crippen LogP contribution in [0.15, 0.2) is 22.7 Å². The summed E-state index contributed by atoms with van der Waals surface area (Å²) in [5.74, 6) is -0.376. The van der Waals surface area contributed by atoms with E-state index in [0.29, 0.717) is 17.6 Å². The largest absolute Gasteiger partial charge is 0.389 e. The zero-order valence-corrected chi connectivity index (χ0v) is 10.1. The highest BCUT2D eigenvalue weighted by Crippen LogP contribution is 2.18. The summed E-state index contributed by atoms with van der Waals surface area (Å²) in [6.07, 6.45) is -0.144. The Hall–Kier alpha value is -0.940. The van der Waals surface area contributed by atoms with E-state index in [1.54, 1.807) is 17.0 Å². The lowest BCUT2D eigenvalue weighted by atomic mass is 10.1. The summed E-state index contributed by atoms with van der Waals surface area (Å²) >= 11 is 3.07.